The summed E-state index contributed by atoms with van der Waals surface area (Å²) < 4.78 is 5.62. The van der Waals surface area contributed by atoms with Gasteiger partial charge in [0.2, 0.25) is 0 Å². The molecular formula is C18H20ClNO2. The molecule has 3 nitrogen and oxygen atoms in total. The Morgan fingerprint density at radius 1 is 1.14 bits per heavy atom. The van der Waals surface area contributed by atoms with Crippen LogP contribution in [0.25, 0.3) is 0 Å². The molecule has 0 spiro atoms. The Labute approximate surface area is 136 Å². The highest BCUT2D eigenvalue weighted by Gasteiger charge is 2.13. The lowest BCUT2D eigenvalue weighted by atomic mass is 10.1. The van der Waals surface area contributed by atoms with Crippen molar-refractivity contribution >= 4 is 17.5 Å². The van der Waals surface area contributed by atoms with Crippen LogP contribution in [-0.2, 0) is 11.2 Å². The molecule has 0 aliphatic carbocycles. The van der Waals surface area contributed by atoms with Crippen molar-refractivity contribution in [1.29, 1.82) is 0 Å². The third-order valence-electron chi connectivity index (χ3n) is 3.33. The smallest absolute Gasteiger partial charge is 0.260 e. The van der Waals surface area contributed by atoms with Crippen LogP contribution in [-0.4, -0.2) is 18.6 Å². The second kappa shape index (κ2) is 7.85. The van der Waals surface area contributed by atoms with Crippen molar-refractivity contribution in [3.05, 3.63) is 64.7 Å². The molecule has 0 radical (unpaired) electrons. The van der Waals surface area contributed by atoms with Crippen LogP contribution in [0.2, 0.25) is 5.02 Å². The number of aryl methyl sites for hydroxylation is 1. The van der Waals surface area contributed by atoms with Crippen LogP contribution in [0.5, 0.6) is 5.75 Å². The minimum absolute atomic E-state index is 0.116. The van der Waals surface area contributed by atoms with E-state index < -0.39 is 6.10 Å². The first-order chi connectivity index (χ1) is 10.5. The van der Waals surface area contributed by atoms with Gasteiger partial charge in [-0.2, -0.15) is 0 Å². The maximum Gasteiger partial charge on any atom is 0.260 e. The number of hydrogen-bond acceptors (Lipinski definition) is 2. The van der Waals surface area contributed by atoms with Crippen LogP contribution < -0.4 is 10.1 Å². The van der Waals surface area contributed by atoms with Crippen molar-refractivity contribution in [3.63, 3.8) is 0 Å². The quantitative estimate of drug-likeness (QED) is 0.880. The Morgan fingerprint density at radius 3 is 2.41 bits per heavy atom. The maximum absolute atomic E-state index is 12.0. The topological polar surface area (TPSA) is 38.3 Å². The number of halogens is 1. The van der Waals surface area contributed by atoms with Gasteiger partial charge in [0.25, 0.3) is 5.91 Å². The molecule has 0 fully saturated rings. The van der Waals surface area contributed by atoms with Crippen LogP contribution in [0, 0.1) is 6.92 Å². The molecule has 2 aromatic carbocycles. The summed E-state index contributed by atoms with van der Waals surface area (Å²) in [4.78, 5) is 12.0. The molecule has 0 saturated carbocycles. The number of ether oxygens (including phenoxy) is 1. The molecule has 1 atom stereocenters. The Hall–Kier alpha value is -2.00. The number of carbonyl (C=O) groups excluding carboxylic acids is 1. The predicted octanol–water partition coefficient (Wildman–Crippen LogP) is 3.77. The van der Waals surface area contributed by atoms with Gasteiger partial charge >= 0.3 is 0 Å². The van der Waals surface area contributed by atoms with Crippen LogP contribution in [0.4, 0.5) is 0 Å². The molecule has 116 valence electrons. The van der Waals surface area contributed by atoms with E-state index in [-0.39, 0.29) is 5.91 Å². The highest BCUT2D eigenvalue weighted by molar-refractivity contribution is 6.30. The van der Waals surface area contributed by atoms with E-state index in [1.54, 1.807) is 6.92 Å². The predicted molar refractivity (Wildman–Crippen MR) is 89.4 cm³/mol. The van der Waals surface area contributed by atoms with Crippen LogP contribution in [0.3, 0.4) is 0 Å². The largest absolute Gasteiger partial charge is 0.481 e. The zero-order chi connectivity index (χ0) is 15.9. The number of benzene rings is 2. The monoisotopic (exact) mass is 317 g/mol. The summed E-state index contributed by atoms with van der Waals surface area (Å²) in [5.74, 6) is 0.584. The third-order valence-corrected chi connectivity index (χ3v) is 3.58. The van der Waals surface area contributed by atoms with Crippen molar-refractivity contribution in [2.75, 3.05) is 6.54 Å². The van der Waals surface area contributed by atoms with Crippen molar-refractivity contribution in [2.45, 2.75) is 26.4 Å². The van der Waals surface area contributed by atoms with Gasteiger partial charge in [0.1, 0.15) is 5.75 Å². The molecule has 1 unspecified atom stereocenters. The molecule has 22 heavy (non-hydrogen) atoms. The van der Waals surface area contributed by atoms with E-state index in [1.165, 1.54) is 0 Å². The Morgan fingerprint density at radius 2 is 1.77 bits per heavy atom. The fraction of sp³-hybridized carbons (Fsp3) is 0.278. The fourth-order valence-corrected chi connectivity index (χ4v) is 2.13. The summed E-state index contributed by atoms with van der Waals surface area (Å²) in [5, 5.41) is 3.60. The van der Waals surface area contributed by atoms with E-state index >= 15 is 0 Å². The van der Waals surface area contributed by atoms with Crippen molar-refractivity contribution in [1.82, 2.24) is 5.32 Å². The van der Waals surface area contributed by atoms with Crippen molar-refractivity contribution in [3.8, 4) is 5.75 Å². The Kier molecular flexibility index (Phi) is 5.84. The van der Waals surface area contributed by atoms with Gasteiger partial charge in [-0.05, 0) is 50.1 Å². The van der Waals surface area contributed by atoms with Crippen LogP contribution in [0.15, 0.2) is 48.5 Å². The van der Waals surface area contributed by atoms with E-state index in [1.807, 2.05) is 55.5 Å². The number of rotatable bonds is 6. The minimum Gasteiger partial charge on any atom is -0.481 e. The minimum atomic E-state index is -0.520. The summed E-state index contributed by atoms with van der Waals surface area (Å²) in [7, 11) is 0. The van der Waals surface area contributed by atoms with E-state index in [2.05, 4.69) is 5.32 Å². The lowest BCUT2D eigenvalue weighted by molar-refractivity contribution is -0.127. The van der Waals surface area contributed by atoms with E-state index in [0.29, 0.717) is 17.3 Å². The fourth-order valence-electron chi connectivity index (χ4n) is 2.00. The molecule has 0 bridgehead atoms. The molecule has 0 aromatic heterocycles. The second-order valence-electron chi connectivity index (χ2n) is 5.24. The number of amides is 1. The lowest BCUT2D eigenvalue weighted by Crippen LogP contribution is -2.37. The van der Waals surface area contributed by atoms with Gasteiger partial charge in [-0.3, -0.25) is 4.79 Å². The first-order valence-electron chi connectivity index (χ1n) is 7.30. The number of hydrogen-bond donors (Lipinski definition) is 1. The van der Waals surface area contributed by atoms with Crippen LogP contribution >= 0.6 is 11.6 Å². The molecule has 0 saturated heterocycles. The SMILES string of the molecule is Cc1ccc(OC(C)C(=O)NCCc2ccc(Cl)cc2)cc1. The number of carbonyl (C=O) groups is 1. The molecule has 1 amide bonds. The highest BCUT2D eigenvalue weighted by Crippen LogP contribution is 2.13. The molecule has 2 rings (SSSR count). The molecular weight excluding hydrogens is 298 g/mol. The average molecular weight is 318 g/mol. The van der Waals surface area contributed by atoms with Crippen molar-refractivity contribution in [2.24, 2.45) is 0 Å². The summed E-state index contributed by atoms with van der Waals surface area (Å²) in [6.45, 7) is 4.33. The van der Waals surface area contributed by atoms with Gasteiger partial charge in [-0.15, -0.1) is 0 Å². The molecule has 0 aliphatic heterocycles. The van der Waals surface area contributed by atoms with E-state index in [4.69, 9.17) is 16.3 Å². The van der Waals surface area contributed by atoms with Gasteiger partial charge in [0, 0.05) is 11.6 Å². The molecule has 0 aliphatic rings. The summed E-state index contributed by atoms with van der Waals surface area (Å²) in [5.41, 5.74) is 2.30. The van der Waals surface area contributed by atoms with Gasteiger partial charge < -0.3 is 10.1 Å². The highest BCUT2D eigenvalue weighted by atomic mass is 35.5. The second-order valence-corrected chi connectivity index (χ2v) is 5.68. The molecule has 1 N–H and O–H groups in total. The third kappa shape index (κ3) is 5.08. The van der Waals surface area contributed by atoms with Crippen molar-refractivity contribution < 1.29 is 9.53 Å². The number of nitrogens with one attached hydrogen (secondary N) is 1. The standard InChI is InChI=1S/C18H20ClNO2/c1-13-3-9-17(10-4-13)22-14(2)18(21)20-12-11-15-5-7-16(19)8-6-15/h3-10,14H,11-12H2,1-2H3,(H,20,21). The van der Waals surface area contributed by atoms with Gasteiger partial charge in [0.15, 0.2) is 6.10 Å². The summed E-state index contributed by atoms with van der Waals surface area (Å²) in [6.07, 6.45) is 0.244. The lowest BCUT2D eigenvalue weighted by Gasteiger charge is -2.15. The normalized spacial score (nSPS) is 11.8. The maximum atomic E-state index is 12.0. The van der Waals surface area contributed by atoms with E-state index in [9.17, 15) is 4.79 Å². The Bertz CT molecular complexity index is 608. The summed E-state index contributed by atoms with van der Waals surface area (Å²) in [6, 6.07) is 15.3. The Balaban J connectivity index is 1.76. The van der Waals surface area contributed by atoms with E-state index in [0.717, 1.165) is 17.5 Å². The molecule has 0 heterocycles. The first-order valence-corrected chi connectivity index (χ1v) is 7.68. The zero-order valence-electron chi connectivity index (χ0n) is 12.8. The summed E-state index contributed by atoms with van der Waals surface area (Å²) >= 11 is 5.84. The van der Waals surface area contributed by atoms with Gasteiger partial charge in [-0.25, -0.2) is 0 Å². The molecule has 4 heteroatoms. The van der Waals surface area contributed by atoms with Gasteiger partial charge in [-0.1, -0.05) is 41.4 Å². The van der Waals surface area contributed by atoms with Crippen LogP contribution in [0.1, 0.15) is 18.1 Å². The molecule has 2 aromatic rings. The van der Waals surface area contributed by atoms with Gasteiger partial charge in [0.05, 0.1) is 0 Å². The zero-order valence-corrected chi connectivity index (χ0v) is 13.6. The average Bonchev–Trinajstić information content (AvgIpc) is 2.51. The first kappa shape index (κ1) is 16.4.